The van der Waals surface area contributed by atoms with Crippen molar-refractivity contribution in [2.24, 2.45) is 0 Å². The topological polar surface area (TPSA) is 31.4 Å². The van der Waals surface area contributed by atoms with E-state index in [0.717, 1.165) is 33.7 Å². The highest BCUT2D eigenvalue weighted by Gasteiger charge is 2.18. The fourth-order valence-electron chi connectivity index (χ4n) is 2.79. The molecular weight excluding hydrogens is 262 g/mol. The summed E-state index contributed by atoms with van der Waals surface area (Å²) in [5, 5.41) is 1.12. The molecule has 3 aromatic rings. The van der Waals surface area contributed by atoms with Crippen molar-refractivity contribution in [3.8, 4) is 22.8 Å². The number of aryl methyl sites for hydroxylation is 1. The molecule has 0 aliphatic carbocycles. The lowest BCUT2D eigenvalue weighted by Gasteiger charge is -2.12. The third-order valence-electron chi connectivity index (χ3n) is 4.09. The number of ether oxygens (including phenoxy) is 2. The molecule has 3 heteroatoms. The van der Waals surface area contributed by atoms with Gasteiger partial charge in [-0.05, 0) is 31.0 Å². The number of hydrogen-bond acceptors (Lipinski definition) is 3. The van der Waals surface area contributed by atoms with Crippen LogP contribution >= 0.6 is 0 Å². The van der Waals surface area contributed by atoms with Crippen LogP contribution in [0.5, 0.6) is 11.5 Å². The van der Waals surface area contributed by atoms with Crippen LogP contribution in [-0.4, -0.2) is 11.8 Å². The molecule has 21 heavy (non-hydrogen) atoms. The molecule has 104 valence electrons. The number of aromatic nitrogens is 1. The quantitative estimate of drug-likeness (QED) is 0.666. The largest absolute Gasteiger partial charge is 0.454 e. The van der Waals surface area contributed by atoms with Crippen LogP contribution in [0.15, 0.2) is 42.5 Å². The van der Waals surface area contributed by atoms with Crippen molar-refractivity contribution in [3.05, 3.63) is 53.6 Å². The fourth-order valence-corrected chi connectivity index (χ4v) is 2.79. The van der Waals surface area contributed by atoms with Crippen molar-refractivity contribution in [2.45, 2.75) is 13.8 Å². The highest BCUT2D eigenvalue weighted by Crippen LogP contribution is 2.38. The average molecular weight is 277 g/mol. The highest BCUT2D eigenvalue weighted by molar-refractivity contribution is 5.89. The van der Waals surface area contributed by atoms with Gasteiger partial charge >= 0.3 is 0 Å². The molecule has 0 spiro atoms. The summed E-state index contributed by atoms with van der Waals surface area (Å²) in [6.45, 7) is 4.54. The number of fused-ring (bicyclic) bond motifs is 2. The molecule has 0 N–H and O–H groups in total. The number of pyridine rings is 1. The SMILES string of the molecule is Cc1c(-c2ccccc2)nc2cc3c(cc2c1C)OCO3. The van der Waals surface area contributed by atoms with Crippen LogP contribution in [-0.2, 0) is 0 Å². The molecule has 0 fully saturated rings. The summed E-state index contributed by atoms with van der Waals surface area (Å²) in [6, 6.07) is 14.3. The van der Waals surface area contributed by atoms with Crippen molar-refractivity contribution in [1.82, 2.24) is 4.98 Å². The lowest BCUT2D eigenvalue weighted by molar-refractivity contribution is 0.174. The van der Waals surface area contributed by atoms with Gasteiger partial charge in [0.2, 0.25) is 6.79 Å². The Morgan fingerprint density at radius 1 is 0.905 bits per heavy atom. The van der Waals surface area contributed by atoms with Gasteiger partial charge in [0, 0.05) is 17.0 Å². The minimum atomic E-state index is 0.287. The summed E-state index contributed by atoms with van der Waals surface area (Å²) in [6.07, 6.45) is 0. The number of hydrogen-bond donors (Lipinski definition) is 0. The molecule has 0 bridgehead atoms. The molecule has 2 heterocycles. The Morgan fingerprint density at radius 2 is 1.62 bits per heavy atom. The van der Waals surface area contributed by atoms with Gasteiger partial charge in [0.05, 0.1) is 11.2 Å². The molecule has 3 nitrogen and oxygen atoms in total. The first kappa shape index (κ1) is 12.2. The molecule has 0 saturated carbocycles. The van der Waals surface area contributed by atoms with Gasteiger partial charge in [-0.2, -0.15) is 0 Å². The maximum atomic E-state index is 5.47. The van der Waals surface area contributed by atoms with Gasteiger partial charge in [-0.1, -0.05) is 30.3 Å². The van der Waals surface area contributed by atoms with Crippen molar-refractivity contribution in [2.75, 3.05) is 6.79 Å². The van der Waals surface area contributed by atoms with E-state index in [9.17, 15) is 0 Å². The monoisotopic (exact) mass is 277 g/mol. The van der Waals surface area contributed by atoms with Crippen molar-refractivity contribution < 1.29 is 9.47 Å². The zero-order valence-electron chi connectivity index (χ0n) is 12.0. The predicted molar refractivity (Wildman–Crippen MR) is 82.8 cm³/mol. The Labute approximate surface area is 123 Å². The molecule has 0 amide bonds. The second kappa shape index (κ2) is 4.48. The predicted octanol–water partition coefficient (Wildman–Crippen LogP) is 4.25. The maximum Gasteiger partial charge on any atom is 0.231 e. The first-order valence-electron chi connectivity index (χ1n) is 7.00. The molecule has 1 aromatic heterocycles. The van der Waals surface area contributed by atoms with E-state index in [-0.39, 0.29) is 6.79 Å². The van der Waals surface area contributed by atoms with E-state index < -0.39 is 0 Å². The minimum Gasteiger partial charge on any atom is -0.454 e. The van der Waals surface area contributed by atoms with Gasteiger partial charge in [-0.25, -0.2) is 4.98 Å². The van der Waals surface area contributed by atoms with Crippen LogP contribution < -0.4 is 9.47 Å². The van der Waals surface area contributed by atoms with Crippen molar-refractivity contribution in [3.63, 3.8) is 0 Å². The van der Waals surface area contributed by atoms with Gasteiger partial charge in [0.25, 0.3) is 0 Å². The molecule has 0 radical (unpaired) electrons. The van der Waals surface area contributed by atoms with E-state index in [1.807, 2.05) is 30.3 Å². The Kier molecular flexibility index (Phi) is 2.61. The standard InChI is InChI=1S/C18H15NO2/c1-11-12(2)18(13-6-4-3-5-7-13)19-15-9-17-16(8-14(11)15)20-10-21-17/h3-9H,10H2,1-2H3. The second-order valence-corrected chi connectivity index (χ2v) is 5.30. The maximum absolute atomic E-state index is 5.47. The van der Waals surface area contributed by atoms with Crippen LogP contribution in [0.2, 0.25) is 0 Å². The summed E-state index contributed by atoms with van der Waals surface area (Å²) >= 11 is 0. The van der Waals surface area contributed by atoms with Crippen LogP contribution in [0, 0.1) is 13.8 Å². The van der Waals surface area contributed by atoms with Gasteiger partial charge in [0.15, 0.2) is 11.5 Å². The van der Waals surface area contributed by atoms with Crippen LogP contribution in [0.25, 0.3) is 22.2 Å². The molecule has 2 aromatic carbocycles. The summed E-state index contributed by atoms with van der Waals surface area (Å²) < 4.78 is 10.9. The van der Waals surface area contributed by atoms with Gasteiger partial charge in [0.1, 0.15) is 0 Å². The number of nitrogens with zero attached hydrogens (tertiary/aromatic N) is 1. The number of rotatable bonds is 1. The summed E-state index contributed by atoms with van der Waals surface area (Å²) in [7, 11) is 0. The Hall–Kier alpha value is -2.55. The molecule has 4 rings (SSSR count). The van der Waals surface area contributed by atoms with Crippen molar-refractivity contribution in [1.29, 1.82) is 0 Å². The lowest BCUT2D eigenvalue weighted by Crippen LogP contribution is -1.94. The normalized spacial score (nSPS) is 12.9. The first-order chi connectivity index (χ1) is 10.2. The van der Waals surface area contributed by atoms with Crippen LogP contribution in [0.1, 0.15) is 11.1 Å². The van der Waals surface area contributed by atoms with Crippen LogP contribution in [0.3, 0.4) is 0 Å². The average Bonchev–Trinajstić information content (AvgIpc) is 2.97. The first-order valence-corrected chi connectivity index (χ1v) is 7.00. The molecule has 1 aliphatic heterocycles. The lowest BCUT2D eigenvalue weighted by atomic mass is 9.98. The zero-order chi connectivity index (χ0) is 14.4. The second-order valence-electron chi connectivity index (χ2n) is 5.30. The van der Waals surface area contributed by atoms with E-state index >= 15 is 0 Å². The highest BCUT2D eigenvalue weighted by atomic mass is 16.7. The summed E-state index contributed by atoms with van der Waals surface area (Å²) in [4.78, 5) is 4.85. The van der Waals surface area contributed by atoms with E-state index in [0.29, 0.717) is 0 Å². The summed E-state index contributed by atoms with van der Waals surface area (Å²) in [5.41, 5.74) is 5.54. The molecule has 0 saturated heterocycles. The van der Waals surface area contributed by atoms with E-state index in [1.54, 1.807) is 0 Å². The van der Waals surface area contributed by atoms with Gasteiger partial charge < -0.3 is 9.47 Å². The Balaban J connectivity index is 2.02. The Bertz CT molecular complexity index is 841. The summed E-state index contributed by atoms with van der Waals surface area (Å²) in [5.74, 6) is 1.58. The van der Waals surface area contributed by atoms with E-state index in [2.05, 4.69) is 26.0 Å². The Morgan fingerprint density at radius 3 is 2.38 bits per heavy atom. The van der Waals surface area contributed by atoms with E-state index in [1.165, 1.54) is 11.1 Å². The van der Waals surface area contributed by atoms with Crippen LogP contribution in [0.4, 0.5) is 0 Å². The van der Waals surface area contributed by atoms with Gasteiger partial charge in [-0.15, -0.1) is 0 Å². The molecular formula is C18H15NO2. The number of benzene rings is 2. The molecule has 0 atom stereocenters. The molecule has 0 unspecified atom stereocenters. The fraction of sp³-hybridized carbons (Fsp3) is 0.167. The minimum absolute atomic E-state index is 0.287. The third kappa shape index (κ3) is 1.85. The van der Waals surface area contributed by atoms with Crippen molar-refractivity contribution >= 4 is 10.9 Å². The third-order valence-corrected chi connectivity index (χ3v) is 4.09. The zero-order valence-corrected chi connectivity index (χ0v) is 12.0. The smallest absolute Gasteiger partial charge is 0.231 e. The van der Waals surface area contributed by atoms with E-state index in [4.69, 9.17) is 14.5 Å². The van der Waals surface area contributed by atoms with Gasteiger partial charge in [-0.3, -0.25) is 0 Å². The molecule has 1 aliphatic rings.